The topological polar surface area (TPSA) is 74.6 Å². The van der Waals surface area contributed by atoms with E-state index < -0.39 is 26.9 Å². The van der Waals surface area contributed by atoms with Crippen molar-refractivity contribution in [2.24, 2.45) is 22.7 Å². The summed E-state index contributed by atoms with van der Waals surface area (Å²) in [6, 6.07) is 0. The lowest BCUT2D eigenvalue weighted by Crippen LogP contribution is -2.61. The van der Waals surface area contributed by atoms with Crippen molar-refractivity contribution in [3.05, 3.63) is 0 Å². The lowest BCUT2D eigenvalue weighted by Gasteiger charge is -2.62. The van der Waals surface area contributed by atoms with E-state index in [1.165, 1.54) is 0 Å². The van der Waals surface area contributed by atoms with Gasteiger partial charge in [-0.25, -0.2) is 0 Å². The van der Waals surface area contributed by atoms with Crippen molar-refractivity contribution in [2.45, 2.75) is 77.6 Å². The molecule has 0 saturated heterocycles. The molecule has 0 spiro atoms. The highest BCUT2D eigenvalue weighted by molar-refractivity contribution is 7.86. The van der Waals surface area contributed by atoms with Gasteiger partial charge >= 0.3 is 0 Å². The number of hydrogen-bond acceptors (Lipinski definition) is 3. The summed E-state index contributed by atoms with van der Waals surface area (Å²) in [4.78, 5) is 0. The fraction of sp³-hybridized carbons (Fsp3) is 1.00. The second kappa shape index (κ2) is 4.93. The Morgan fingerprint density at radius 3 is 2.19 bits per heavy atom. The first-order chi connectivity index (χ1) is 9.32. The molecular weight excluding hydrogens is 288 g/mol. The summed E-state index contributed by atoms with van der Waals surface area (Å²) >= 11 is 0. The van der Waals surface area contributed by atoms with E-state index in [1.54, 1.807) is 13.8 Å². The molecule has 2 aliphatic rings. The van der Waals surface area contributed by atoms with Crippen LogP contribution < -0.4 is 0 Å². The van der Waals surface area contributed by atoms with Crippen LogP contribution in [0.25, 0.3) is 0 Å². The standard InChI is InChI=1S/C16H30O4S/c1-11(21(18,19)20)13-15(4)9-6-8-14(2,3)12(15)7-10-16(13,5)17/h11-13,17H,6-10H2,1-5H3,(H,18,19,20)/t11-,12-,13-,15-,16+/m0/s1. The smallest absolute Gasteiger partial charge is 0.267 e. The van der Waals surface area contributed by atoms with Gasteiger partial charge in [0, 0.05) is 5.92 Å². The quantitative estimate of drug-likeness (QED) is 0.766. The average molecular weight is 318 g/mol. The van der Waals surface area contributed by atoms with Gasteiger partial charge in [-0.1, -0.05) is 27.2 Å². The fourth-order valence-corrected chi connectivity index (χ4v) is 6.72. The molecule has 0 aliphatic heterocycles. The summed E-state index contributed by atoms with van der Waals surface area (Å²) < 4.78 is 33.0. The van der Waals surface area contributed by atoms with E-state index in [2.05, 4.69) is 20.8 Å². The van der Waals surface area contributed by atoms with Gasteiger partial charge in [0.2, 0.25) is 0 Å². The molecular formula is C16H30O4S. The molecule has 2 aliphatic carbocycles. The van der Waals surface area contributed by atoms with E-state index >= 15 is 0 Å². The predicted molar refractivity (Wildman–Crippen MR) is 83.6 cm³/mol. The largest absolute Gasteiger partial charge is 0.390 e. The minimum Gasteiger partial charge on any atom is -0.390 e. The van der Waals surface area contributed by atoms with Crippen LogP contribution in [0.4, 0.5) is 0 Å². The van der Waals surface area contributed by atoms with Crippen LogP contribution >= 0.6 is 0 Å². The summed E-state index contributed by atoms with van der Waals surface area (Å²) in [5.41, 5.74) is -1.15. The molecule has 2 saturated carbocycles. The molecule has 5 atom stereocenters. The predicted octanol–water partition coefficient (Wildman–Crippen LogP) is 3.26. The van der Waals surface area contributed by atoms with Crippen molar-refractivity contribution in [3.8, 4) is 0 Å². The molecule has 0 radical (unpaired) electrons. The van der Waals surface area contributed by atoms with E-state index in [9.17, 15) is 18.1 Å². The van der Waals surface area contributed by atoms with Crippen LogP contribution in [0.5, 0.6) is 0 Å². The summed E-state index contributed by atoms with van der Waals surface area (Å²) in [6.07, 6.45) is 4.63. The first-order valence-corrected chi connectivity index (χ1v) is 9.51. The molecule has 0 aromatic heterocycles. The maximum atomic E-state index is 11.7. The molecule has 0 amide bonds. The van der Waals surface area contributed by atoms with Crippen molar-refractivity contribution in [1.82, 2.24) is 0 Å². The molecule has 5 heteroatoms. The third kappa shape index (κ3) is 2.77. The highest BCUT2D eigenvalue weighted by Crippen LogP contribution is 2.63. The second-order valence-corrected chi connectivity index (χ2v) is 10.3. The third-order valence-corrected chi connectivity index (χ3v) is 7.75. The van der Waals surface area contributed by atoms with E-state index in [1.807, 2.05) is 0 Å². The lowest BCUT2D eigenvalue weighted by atomic mass is 9.45. The zero-order valence-corrected chi connectivity index (χ0v) is 14.7. The molecule has 4 nitrogen and oxygen atoms in total. The first-order valence-electron chi connectivity index (χ1n) is 8.01. The summed E-state index contributed by atoms with van der Waals surface area (Å²) in [7, 11) is -4.16. The zero-order valence-electron chi connectivity index (χ0n) is 13.9. The minimum absolute atomic E-state index is 0.153. The van der Waals surface area contributed by atoms with E-state index in [-0.39, 0.29) is 10.8 Å². The summed E-state index contributed by atoms with van der Waals surface area (Å²) in [5, 5.41) is 9.93. The molecule has 0 unspecified atom stereocenters. The maximum Gasteiger partial charge on any atom is 0.267 e. The van der Waals surface area contributed by atoms with Gasteiger partial charge in [0.25, 0.3) is 10.1 Å². The van der Waals surface area contributed by atoms with Crippen molar-refractivity contribution < 1.29 is 18.1 Å². The monoisotopic (exact) mass is 318 g/mol. The Bertz CT molecular complexity index is 508. The van der Waals surface area contributed by atoms with Gasteiger partial charge in [-0.2, -0.15) is 8.42 Å². The van der Waals surface area contributed by atoms with Crippen LogP contribution in [0, 0.1) is 22.7 Å². The van der Waals surface area contributed by atoms with Gasteiger partial charge in [-0.3, -0.25) is 4.55 Å². The number of hydrogen-bond donors (Lipinski definition) is 2. The highest BCUT2D eigenvalue weighted by atomic mass is 32.2. The summed E-state index contributed by atoms with van der Waals surface area (Å²) in [6.45, 7) is 9.92. The van der Waals surface area contributed by atoms with Crippen molar-refractivity contribution >= 4 is 10.1 Å². The Labute approximate surface area is 129 Å². The van der Waals surface area contributed by atoms with E-state index in [0.29, 0.717) is 12.3 Å². The summed E-state index contributed by atoms with van der Waals surface area (Å²) in [5.74, 6) is -0.0495. The Morgan fingerprint density at radius 2 is 1.67 bits per heavy atom. The second-order valence-electron chi connectivity index (χ2n) is 8.49. The normalized spacial score (nSPS) is 44.9. The van der Waals surface area contributed by atoms with Crippen molar-refractivity contribution in [1.29, 1.82) is 0 Å². The lowest BCUT2D eigenvalue weighted by molar-refractivity contribution is -0.166. The molecule has 2 N–H and O–H groups in total. The van der Waals surface area contributed by atoms with Gasteiger partial charge in [-0.15, -0.1) is 0 Å². The first kappa shape index (κ1) is 17.2. The van der Waals surface area contributed by atoms with Crippen LogP contribution in [0.3, 0.4) is 0 Å². The number of rotatable bonds is 2. The molecule has 124 valence electrons. The van der Waals surface area contributed by atoms with Crippen molar-refractivity contribution in [2.75, 3.05) is 0 Å². The minimum atomic E-state index is -4.16. The van der Waals surface area contributed by atoms with Crippen LogP contribution in [0.2, 0.25) is 0 Å². The zero-order chi connectivity index (χ0) is 16.3. The Hall–Kier alpha value is -0.130. The molecule has 2 fully saturated rings. The third-order valence-electron chi connectivity index (χ3n) is 6.53. The van der Waals surface area contributed by atoms with Crippen LogP contribution in [0.15, 0.2) is 0 Å². The van der Waals surface area contributed by atoms with Gasteiger partial charge in [0.05, 0.1) is 10.9 Å². The molecule has 0 bridgehead atoms. The maximum absolute atomic E-state index is 11.7. The molecule has 0 aromatic rings. The molecule has 0 heterocycles. The Morgan fingerprint density at radius 1 is 1.10 bits per heavy atom. The number of fused-ring (bicyclic) bond motifs is 1. The Kier molecular flexibility index (Phi) is 4.05. The van der Waals surface area contributed by atoms with Crippen molar-refractivity contribution in [3.63, 3.8) is 0 Å². The Balaban J connectivity index is 2.52. The van der Waals surface area contributed by atoms with Crippen LogP contribution in [0.1, 0.15) is 66.7 Å². The average Bonchev–Trinajstić information content (AvgIpc) is 2.24. The van der Waals surface area contributed by atoms with Crippen LogP contribution in [-0.4, -0.2) is 28.9 Å². The van der Waals surface area contributed by atoms with Gasteiger partial charge in [0.1, 0.15) is 0 Å². The van der Waals surface area contributed by atoms with Gasteiger partial charge in [0.15, 0.2) is 0 Å². The van der Waals surface area contributed by atoms with E-state index in [0.717, 1.165) is 25.7 Å². The fourth-order valence-electron chi connectivity index (χ4n) is 5.77. The molecule has 21 heavy (non-hydrogen) atoms. The SMILES string of the molecule is C[C@@H]([C@H]1[C@@]2(C)CCCC(C)(C)[C@@H]2CC[C@@]1(C)O)S(=O)(=O)O. The van der Waals surface area contributed by atoms with Crippen LogP contribution in [-0.2, 0) is 10.1 Å². The van der Waals surface area contributed by atoms with Gasteiger partial charge < -0.3 is 5.11 Å². The molecule has 0 aromatic carbocycles. The van der Waals surface area contributed by atoms with E-state index in [4.69, 9.17) is 0 Å². The highest BCUT2D eigenvalue weighted by Gasteiger charge is 2.60. The molecule has 2 rings (SSSR count). The number of aliphatic hydroxyl groups is 1. The van der Waals surface area contributed by atoms with Gasteiger partial charge in [-0.05, 0) is 56.3 Å².